The third-order valence-electron chi connectivity index (χ3n) is 5.54. The minimum absolute atomic E-state index is 0.281. The van der Waals surface area contributed by atoms with Crippen LogP contribution in [0.2, 0.25) is 0 Å². The lowest BCUT2D eigenvalue weighted by atomic mass is 9.85. The molecule has 7 nitrogen and oxygen atoms in total. The zero-order valence-corrected chi connectivity index (χ0v) is 15.9. The third kappa shape index (κ3) is 3.89. The lowest BCUT2D eigenvalue weighted by Gasteiger charge is -2.48. The lowest BCUT2D eigenvalue weighted by molar-refractivity contribution is -0.0335. The van der Waals surface area contributed by atoms with Gasteiger partial charge in [-0.1, -0.05) is 36.8 Å². The standard InChI is InChI=1S/C19H25N3O4S/c23-27(24,25)26-19(21-16-9-2-1-3-10-16)13-7-6-12-18(19)22-17-11-5-4-8-15(17)14-20-22/h1-5,9-11,15,18,20-21H,6-8,12-14H2,(H,23,24,25). The lowest BCUT2D eigenvalue weighted by Crippen LogP contribution is -2.62. The van der Waals surface area contributed by atoms with E-state index in [-0.39, 0.29) is 6.04 Å². The topological polar surface area (TPSA) is 90.9 Å². The van der Waals surface area contributed by atoms with Crippen LogP contribution in [0.1, 0.15) is 32.1 Å². The van der Waals surface area contributed by atoms with Gasteiger partial charge in [0.25, 0.3) is 0 Å². The summed E-state index contributed by atoms with van der Waals surface area (Å²) >= 11 is 0. The first kappa shape index (κ1) is 18.5. The van der Waals surface area contributed by atoms with E-state index in [0.717, 1.165) is 43.6 Å². The molecule has 0 amide bonds. The number of nitrogens with zero attached hydrogens (tertiary/aromatic N) is 1. The number of benzene rings is 1. The Kier molecular flexibility index (Phi) is 4.98. The van der Waals surface area contributed by atoms with E-state index in [1.54, 1.807) is 0 Å². The van der Waals surface area contributed by atoms with Gasteiger partial charge in [0.15, 0.2) is 5.72 Å². The highest BCUT2D eigenvalue weighted by Crippen LogP contribution is 2.41. The minimum Gasteiger partial charge on any atom is -0.355 e. The van der Waals surface area contributed by atoms with Gasteiger partial charge in [-0.2, -0.15) is 8.42 Å². The molecule has 1 heterocycles. The number of anilines is 1. The summed E-state index contributed by atoms with van der Waals surface area (Å²) in [5.41, 5.74) is 4.06. The summed E-state index contributed by atoms with van der Waals surface area (Å²) in [7, 11) is -4.64. The molecule has 3 unspecified atom stereocenters. The quantitative estimate of drug-likeness (QED) is 0.525. The number of hydrazine groups is 1. The SMILES string of the molecule is O=S(=O)(O)OC1(Nc2ccccc2)CCCCC1N1NCC2CC=CC=C21. The molecular weight excluding hydrogens is 366 g/mol. The second-order valence-electron chi connectivity index (χ2n) is 7.34. The van der Waals surface area contributed by atoms with Crippen LogP contribution in [0.15, 0.2) is 54.3 Å². The Morgan fingerprint density at radius 1 is 1.26 bits per heavy atom. The Hall–Kier alpha value is -1.87. The van der Waals surface area contributed by atoms with Crippen molar-refractivity contribution in [3.63, 3.8) is 0 Å². The number of allylic oxidation sites excluding steroid dienone is 3. The second kappa shape index (κ2) is 7.27. The summed E-state index contributed by atoms with van der Waals surface area (Å²) in [4.78, 5) is 0. The maximum absolute atomic E-state index is 11.8. The number of hydrogen-bond acceptors (Lipinski definition) is 6. The minimum atomic E-state index is -4.64. The molecule has 3 atom stereocenters. The normalized spacial score (nSPS) is 30.7. The van der Waals surface area contributed by atoms with Crippen LogP contribution in [0.5, 0.6) is 0 Å². The van der Waals surface area contributed by atoms with Gasteiger partial charge in [0.05, 0.1) is 6.04 Å². The summed E-state index contributed by atoms with van der Waals surface area (Å²) < 4.78 is 38.4. The molecule has 27 heavy (non-hydrogen) atoms. The molecule has 146 valence electrons. The molecule has 8 heteroatoms. The van der Waals surface area contributed by atoms with Crippen molar-refractivity contribution in [3.05, 3.63) is 54.3 Å². The Morgan fingerprint density at radius 2 is 2.07 bits per heavy atom. The molecule has 4 rings (SSSR count). The van der Waals surface area contributed by atoms with E-state index >= 15 is 0 Å². The molecular formula is C19H25N3O4S. The molecule has 1 aromatic rings. The molecule has 1 saturated carbocycles. The van der Waals surface area contributed by atoms with Crippen molar-refractivity contribution in [1.82, 2.24) is 10.4 Å². The van der Waals surface area contributed by atoms with Gasteiger partial charge in [-0.05, 0) is 43.9 Å². The van der Waals surface area contributed by atoms with Crippen molar-refractivity contribution in [2.24, 2.45) is 5.92 Å². The van der Waals surface area contributed by atoms with Crippen LogP contribution in [0.3, 0.4) is 0 Å². The molecule has 3 N–H and O–H groups in total. The Labute approximate surface area is 160 Å². The first-order valence-electron chi connectivity index (χ1n) is 9.38. The van der Waals surface area contributed by atoms with E-state index in [2.05, 4.69) is 27.9 Å². The average molecular weight is 391 g/mol. The Bertz CT molecular complexity index is 840. The van der Waals surface area contributed by atoms with Gasteiger partial charge in [0, 0.05) is 23.8 Å². The molecule has 1 aromatic carbocycles. The van der Waals surface area contributed by atoms with Crippen molar-refractivity contribution in [3.8, 4) is 0 Å². The number of hydrogen-bond donors (Lipinski definition) is 3. The van der Waals surface area contributed by atoms with Gasteiger partial charge in [0.2, 0.25) is 0 Å². The fourth-order valence-electron chi connectivity index (χ4n) is 4.40. The van der Waals surface area contributed by atoms with Gasteiger partial charge in [-0.25, -0.2) is 9.61 Å². The fraction of sp³-hybridized carbons (Fsp3) is 0.474. The predicted molar refractivity (Wildman–Crippen MR) is 103 cm³/mol. The first-order valence-corrected chi connectivity index (χ1v) is 10.7. The van der Waals surface area contributed by atoms with E-state index in [1.165, 1.54) is 0 Å². The van der Waals surface area contributed by atoms with Gasteiger partial charge in [-0.15, -0.1) is 0 Å². The number of fused-ring (bicyclic) bond motifs is 1. The first-order chi connectivity index (χ1) is 13.0. The van der Waals surface area contributed by atoms with Crippen LogP contribution in [0.25, 0.3) is 0 Å². The van der Waals surface area contributed by atoms with Crippen molar-refractivity contribution >= 4 is 16.1 Å². The van der Waals surface area contributed by atoms with Crippen molar-refractivity contribution in [2.45, 2.75) is 43.9 Å². The molecule has 3 aliphatic rings. The van der Waals surface area contributed by atoms with Gasteiger partial charge >= 0.3 is 10.4 Å². The van der Waals surface area contributed by atoms with Crippen molar-refractivity contribution in [1.29, 1.82) is 0 Å². The van der Waals surface area contributed by atoms with Crippen molar-refractivity contribution in [2.75, 3.05) is 11.9 Å². The van der Waals surface area contributed by atoms with E-state index < -0.39 is 16.1 Å². The zero-order chi connectivity index (χ0) is 18.9. The maximum Gasteiger partial charge on any atom is 0.399 e. The number of para-hydroxylation sites is 1. The summed E-state index contributed by atoms with van der Waals surface area (Å²) in [6.07, 6.45) is 10.2. The summed E-state index contributed by atoms with van der Waals surface area (Å²) in [5, 5.41) is 5.34. The highest BCUT2D eigenvalue weighted by molar-refractivity contribution is 7.80. The van der Waals surface area contributed by atoms with Crippen LogP contribution in [-0.2, 0) is 14.6 Å². The van der Waals surface area contributed by atoms with Crippen molar-refractivity contribution < 1.29 is 17.2 Å². The van der Waals surface area contributed by atoms with Crippen LogP contribution in [0.4, 0.5) is 5.69 Å². The van der Waals surface area contributed by atoms with Crippen LogP contribution in [-0.4, -0.2) is 36.3 Å². The largest absolute Gasteiger partial charge is 0.399 e. The fourth-order valence-corrected chi connectivity index (χ4v) is 5.01. The highest BCUT2D eigenvalue weighted by atomic mass is 32.3. The second-order valence-corrected chi connectivity index (χ2v) is 8.36. The number of nitrogens with one attached hydrogen (secondary N) is 2. The molecule has 0 spiro atoms. The molecule has 2 fully saturated rings. The van der Waals surface area contributed by atoms with Gasteiger partial charge in [-0.3, -0.25) is 4.55 Å². The summed E-state index contributed by atoms with van der Waals surface area (Å²) in [6, 6.07) is 9.09. The van der Waals surface area contributed by atoms with Crippen LogP contribution in [0, 0.1) is 5.92 Å². The highest BCUT2D eigenvalue weighted by Gasteiger charge is 2.50. The molecule has 0 aromatic heterocycles. The molecule has 2 aliphatic carbocycles. The molecule has 0 radical (unpaired) electrons. The van der Waals surface area contributed by atoms with Crippen LogP contribution >= 0.6 is 0 Å². The summed E-state index contributed by atoms with van der Waals surface area (Å²) in [6.45, 7) is 0.806. The zero-order valence-electron chi connectivity index (χ0n) is 15.0. The predicted octanol–water partition coefficient (Wildman–Crippen LogP) is 2.84. The van der Waals surface area contributed by atoms with E-state index in [0.29, 0.717) is 12.3 Å². The van der Waals surface area contributed by atoms with Gasteiger partial charge in [0.1, 0.15) is 0 Å². The Balaban J connectivity index is 1.72. The van der Waals surface area contributed by atoms with E-state index in [9.17, 15) is 13.0 Å². The van der Waals surface area contributed by atoms with Gasteiger partial charge < -0.3 is 10.3 Å². The average Bonchev–Trinajstić information content (AvgIpc) is 3.05. The smallest absolute Gasteiger partial charge is 0.355 e. The molecule has 1 saturated heterocycles. The summed E-state index contributed by atoms with van der Waals surface area (Å²) in [5.74, 6) is 0.372. The molecule has 1 aliphatic heterocycles. The molecule has 0 bridgehead atoms. The number of rotatable bonds is 5. The monoisotopic (exact) mass is 391 g/mol. The van der Waals surface area contributed by atoms with Crippen LogP contribution < -0.4 is 10.7 Å². The van der Waals surface area contributed by atoms with E-state index in [4.69, 9.17) is 4.18 Å². The Morgan fingerprint density at radius 3 is 2.85 bits per heavy atom. The van der Waals surface area contributed by atoms with E-state index in [1.807, 2.05) is 36.4 Å². The maximum atomic E-state index is 11.8. The third-order valence-corrected chi connectivity index (χ3v) is 6.05.